The summed E-state index contributed by atoms with van der Waals surface area (Å²) in [4.78, 5) is 18.4. The van der Waals surface area contributed by atoms with E-state index in [1.54, 1.807) is 11.0 Å². The predicted molar refractivity (Wildman–Crippen MR) is 91.3 cm³/mol. The van der Waals surface area contributed by atoms with Crippen LogP contribution in [0.2, 0.25) is 0 Å². The van der Waals surface area contributed by atoms with Gasteiger partial charge in [-0.2, -0.15) is 4.98 Å². The molecule has 1 amide bonds. The summed E-state index contributed by atoms with van der Waals surface area (Å²) in [6.45, 7) is 4.62. The highest BCUT2D eigenvalue weighted by atomic mass is 79.9. The van der Waals surface area contributed by atoms with Gasteiger partial charge in [0.05, 0.1) is 10.7 Å². The van der Waals surface area contributed by atoms with Gasteiger partial charge in [-0.15, -0.1) is 0 Å². The Labute approximate surface area is 147 Å². The van der Waals surface area contributed by atoms with Crippen LogP contribution in [0.15, 0.2) is 50.0 Å². The molecule has 0 saturated heterocycles. The van der Waals surface area contributed by atoms with Crippen LogP contribution in [0.3, 0.4) is 0 Å². The fraction of sp³-hybridized carbons (Fsp3) is 0.235. The molecule has 0 bridgehead atoms. The zero-order valence-corrected chi connectivity index (χ0v) is 14.9. The molecule has 0 N–H and O–H groups in total. The highest BCUT2D eigenvalue weighted by molar-refractivity contribution is 9.10. The number of aromatic nitrogens is 2. The van der Waals surface area contributed by atoms with Crippen LogP contribution in [0.4, 0.5) is 0 Å². The van der Waals surface area contributed by atoms with Gasteiger partial charge in [0.25, 0.3) is 5.91 Å². The van der Waals surface area contributed by atoms with E-state index in [0.29, 0.717) is 22.7 Å². The van der Waals surface area contributed by atoms with E-state index < -0.39 is 0 Å². The van der Waals surface area contributed by atoms with Crippen molar-refractivity contribution in [2.45, 2.75) is 20.4 Å². The second-order valence-corrected chi connectivity index (χ2v) is 6.15. The molecular weight excluding hydrogens is 374 g/mol. The minimum atomic E-state index is -0.232. The lowest BCUT2D eigenvalue weighted by molar-refractivity contribution is 0.0701. The molecule has 24 heavy (non-hydrogen) atoms. The molecule has 7 heteroatoms. The van der Waals surface area contributed by atoms with Crippen LogP contribution in [0.5, 0.6) is 0 Å². The third-order valence-electron chi connectivity index (χ3n) is 3.58. The Morgan fingerprint density at radius 2 is 2.00 bits per heavy atom. The molecule has 0 aliphatic rings. The van der Waals surface area contributed by atoms with Crippen molar-refractivity contribution >= 4 is 21.8 Å². The van der Waals surface area contributed by atoms with E-state index in [1.165, 1.54) is 6.26 Å². The summed E-state index contributed by atoms with van der Waals surface area (Å²) >= 11 is 3.30. The van der Waals surface area contributed by atoms with Crippen LogP contribution in [0, 0.1) is 6.92 Å². The number of nitrogens with zero attached hydrogens (tertiary/aromatic N) is 3. The molecule has 0 spiro atoms. The molecule has 0 saturated carbocycles. The zero-order chi connectivity index (χ0) is 17.1. The van der Waals surface area contributed by atoms with E-state index in [-0.39, 0.29) is 18.2 Å². The first-order valence-corrected chi connectivity index (χ1v) is 8.29. The van der Waals surface area contributed by atoms with Gasteiger partial charge in [0, 0.05) is 12.1 Å². The summed E-state index contributed by atoms with van der Waals surface area (Å²) in [7, 11) is 0. The number of carbonyl (C=O) groups is 1. The maximum absolute atomic E-state index is 12.5. The third-order valence-corrected chi connectivity index (χ3v) is 4.21. The van der Waals surface area contributed by atoms with Gasteiger partial charge in [-0.25, -0.2) is 0 Å². The minimum Gasteiger partial charge on any atom is -0.458 e. The van der Waals surface area contributed by atoms with Crippen molar-refractivity contribution in [3.63, 3.8) is 0 Å². The number of halogens is 1. The van der Waals surface area contributed by atoms with Gasteiger partial charge >= 0.3 is 0 Å². The summed E-state index contributed by atoms with van der Waals surface area (Å²) in [5, 5.41) is 3.99. The molecule has 0 aliphatic carbocycles. The maximum atomic E-state index is 12.5. The molecular formula is C17H16BrN3O3. The van der Waals surface area contributed by atoms with Gasteiger partial charge in [0.2, 0.25) is 17.5 Å². The lowest BCUT2D eigenvalue weighted by Gasteiger charge is -2.17. The fourth-order valence-electron chi connectivity index (χ4n) is 2.22. The first kappa shape index (κ1) is 16.4. The molecule has 6 nitrogen and oxygen atoms in total. The number of benzene rings is 1. The smallest absolute Gasteiger partial charge is 0.291 e. The second-order valence-electron chi connectivity index (χ2n) is 5.29. The number of aryl methyl sites for hydroxylation is 1. The monoisotopic (exact) mass is 389 g/mol. The van der Waals surface area contributed by atoms with Crippen molar-refractivity contribution < 1.29 is 13.7 Å². The Bertz CT molecular complexity index is 839. The third kappa shape index (κ3) is 3.41. The number of hydrogen-bond donors (Lipinski definition) is 0. The van der Waals surface area contributed by atoms with Crippen LogP contribution < -0.4 is 0 Å². The van der Waals surface area contributed by atoms with Crippen molar-refractivity contribution in [1.82, 2.24) is 15.0 Å². The van der Waals surface area contributed by atoms with Gasteiger partial charge in [-0.05, 0) is 35.8 Å². The topological polar surface area (TPSA) is 72.4 Å². The molecule has 1 aromatic carbocycles. The first-order chi connectivity index (χ1) is 11.6. The standard InChI is InChI=1S/C17H16BrN3O3/c1-3-21(17(22)15-13(18)8-9-23-15)10-14-19-16(20-24-14)12-6-4-11(2)5-7-12/h4-9H,3,10H2,1-2H3. The normalized spacial score (nSPS) is 10.8. The van der Waals surface area contributed by atoms with E-state index in [9.17, 15) is 4.79 Å². The number of hydrogen-bond acceptors (Lipinski definition) is 5. The Morgan fingerprint density at radius 3 is 2.62 bits per heavy atom. The Balaban J connectivity index is 1.76. The van der Waals surface area contributed by atoms with Crippen molar-refractivity contribution in [1.29, 1.82) is 0 Å². The van der Waals surface area contributed by atoms with Crippen LogP contribution in [0.1, 0.15) is 28.9 Å². The summed E-state index contributed by atoms with van der Waals surface area (Å²) in [6, 6.07) is 9.53. The van der Waals surface area contributed by atoms with Crippen LogP contribution in [0.25, 0.3) is 11.4 Å². The van der Waals surface area contributed by atoms with E-state index in [4.69, 9.17) is 8.94 Å². The molecule has 124 valence electrons. The van der Waals surface area contributed by atoms with Crippen molar-refractivity contribution in [2.75, 3.05) is 6.54 Å². The van der Waals surface area contributed by atoms with Crippen molar-refractivity contribution in [3.8, 4) is 11.4 Å². The minimum absolute atomic E-state index is 0.224. The number of carbonyl (C=O) groups excluding carboxylic acids is 1. The summed E-state index contributed by atoms with van der Waals surface area (Å²) in [6.07, 6.45) is 1.47. The van der Waals surface area contributed by atoms with E-state index in [0.717, 1.165) is 11.1 Å². The highest BCUT2D eigenvalue weighted by Crippen LogP contribution is 2.21. The Kier molecular flexibility index (Phi) is 4.80. The summed E-state index contributed by atoms with van der Waals surface area (Å²) < 4.78 is 11.1. The lowest BCUT2D eigenvalue weighted by atomic mass is 10.1. The molecule has 2 heterocycles. The van der Waals surface area contributed by atoms with Gasteiger partial charge in [-0.1, -0.05) is 35.0 Å². The van der Waals surface area contributed by atoms with E-state index in [2.05, 4.69) is 26.1 Å². The lowest BCUT2D eigenvalue weighted by Crippen LogP contribution is -2.30. The van der Waals surface area contributed by atoms with E-state index in [1.807, 2.05) is 38.1 Å². The van der Waals surface area contributed by atoms with Crippen LogP contribution >= 0.6 is 15.9 Å². The molecule has 3 aromatic rings. The maximum Gasteiger partial charge on any atom is 0.291 e. The van der Waals surface area contributed by atoms with Crippen LogP contribution in [-0.2, 0) is 6.54 Å². The Morgan fingerprint density at radius 1 is 1.25 bits per heavy atom. The molecule has 3 rings (SSSR count). The average molecular weight is 390 g/mol. The second kappa shape index (κ2) is 7.00. The van der Waals surface area contributed by atoms with Crippen LogP contribution in [-0.4, -0.2) is 27.5 Å². The Hall–Kier alpha value is -2.41. The molecule has 0 unspecified atom stereocenters. The van der Waals surface area contributed by atoms with Gasteiger partial charge < -0.3 is 13.8 Å². The molecule has 0 aliphatic heterocycles. The van der Waals surface area contributed by atoms with Crippen molar-refractivity contribution in [3.05, 3.63) is 58.3 Å². The van der Waals surface area contributed by atoms with Crippen molar-refractivity contribution in [2.24, 2.45) is 0 Å². The molecule has 0 fully saturated rings. The first-order valence-electron chi connectivity index (χ1n) is 7.50. The zero-order valence-electron chi connectivity index (χ0n) is 13.3. The quantitative estimate of drug-likeness (QED) is 0.657. The van der Waals surface area contributed by atoms with Gasteiger partial charge in [-0.3, -0.25) is 4.79 Å². The number of rotatable bonds is 5. The van der Waals surface area contributed by atoms with Gasteiger partial charge in [0.15, 0.2) is 0 Å². The highest BCUT2D eigenvalue weighted by Gasteiger charge is 2.22. The molecule has 0 atom stereocenters. The predicted octanol–water partition coefficient (Wildman–Crippen LogP) is 4.06. The fourth-order valence-corrected chi connectivity index (χ4v) is 2.59. The number of furan rings is 1. The largest absolute Gasteiger partial charge is 0.458 e. The van der Waals surface area contributed by atoms with Gasteiger partial charge in [0.1, 0.15) is 6.54 Å². The molecule has 2 aromatic heterocycles. The summed E-state index contributed by atoms with van der Waals surface area (Å²) in [5.41, 5.74) is 2.04. The average Bonchev–Trinajstić information content (AvgIpc) is 3.21. The summed E-state index contributed by atoms with van der Waals surface area (Å²) in [5.74, 6) is 0.913. The molecule has 0 radical (unpaired) electrons. The SMILES string of the molecule is CCN(Cc1nc(-c2ccc(C)cc2)no1)C(=O)c1occc1Br. The number of amides is 1. The van der Waals surface area contributed by atoms with E-state index >= 15 is 0 Å².